The van der Waals surface area contributed by atoms with Crippen molar-refractivity contribution in [2.24, 2.45) is 17.8 Å². The van der Waals surface area contributed by atoms with E-state index < -0.39 is 6.16 Å². The van der Waals surface area contributed by atoms with Crippen LogP contribution in [0.3, 0.4) is 0 Å². The standard InChI is InChI=1S/C10H20O.C6H8O.CH2O3/c1-7(2)9-5-4-8(3)6-10(9)11;1-5-3-2-4-6(5)7;2-1(3)4/h7-11H,4-6H2,1-3H3;3H,2,4H2,1H3;(H2,2,3,4). The molecule has 22 heavy (non-hydrogen) atoms. The number of ketones is 1. The number of hydrogen-bond acceptors (Lipinski definition) is 3. The fourth-order valence-corrected chi connectivity index (χ4v) is 2.88. The fraction of sp³-hybridized carbons (Fsp3) is 0.765. The number of aliphatic hydroxyl groups excluding tert-OH is 1. The zero-order valence-corrected chi connectivity index (χ0v) is 14.1. The average Bonchev–Trinajstić information content (AvgIpc) is 2.73. The van der Waals surface area contributed by atoms with Crippen LogP contribution < -0.4 is 0 Å². The van der Waals surface area contributed by atoms with Crippen molar-refractivity contribution in [1.82, 2.24) is 0 Å². The van der Waals surface area contributed by atoms with Crippen LogP contribution in [0.2, 0.25) is 0 Å². The summed E-state index contributed by atoms with van der Waals surface area (Å²) in [5.74, 6) is 2.27. The normalized spacial score (nSPS) is 27.3. The molecule has 128 valence electrons. The van der Waals surface area contributed by atoms with Crippen LogP contribution in [0, 0.1) is 17.8 Å². The van der Waals surface area contributed by atoms with Gasteiger partial charge in [-0.05, 0) is 49.5 Å². The van der Waals surface area contributed by atoms with Crippen molar-refractivity contribution >= 4 is 11.9 Å². The highest BCUT2D eigenvalue weighted by atomic mass is 16.6. The van der Waals surface area contributed by atoms with Gasteiger partial charge in [-0.3, -0.25) is 4.79 Å². The van der Waals surface area contributed by atoms with Crippen molar-refractivity contribution in [3.8, 4) is 0 Å². The van der Waals surface area contributed by atoms with Gasteiger partial charge in [-0.1, -0.05) is 33.3 Å². The van der Waals surface area contributed by atoms with Crippen LogP contribution in [-0.4, -0.2) is 33.4 Å². The van der Waals surface area contributed by atoms with Crippen LogP contribution in [0.1, 0.15) is 59.8 Å². The average molecular weight is 314 g/mol. The van der Waals surface area contributed by atoms with E-state index in [-0.39, 0.29) is 6.10 Å². The summed E-state index contributed by atoms with van der Waals surface area (Å²) in [6, 6.07) is 0. The minimum absolute atomic E-state index is 0.0289. The number of carboxylic acid groups (broad SMARTS) is 2. The van der Waals surface area contributed by atoms with Crippen molar-refractivity contribution in [2.75, 3.05) is 0 Å². The van der Waals surface area contributed by atoms with Crippen LogP contribution in [0.15, 0.2) is 11.6 Å². The Balaban J connectivity index is 0.000000343. The second-order valence-electron chi connectivity index (χ2n) is 6.53. The number of allylic oxidation sites excluding steroid dienone is 2. The Labute approximate surface area is 133 Å². The molecular weight excluding hydrogens is 284 g/mol. The molecule has 5 nitrogen and oxygen atoms in total. The Kier molecular flexibility index (Phi) is 9.74. The van der Waals surface area contributed by atoms with Crippen LogP contribution in [0.4, 0.5) is 4.79 Å². The monoisotopic (exact) mass is 314 g/mol. The molecule has 2 rings (SSSR count). The van der Waals surface area contributed by atoms with Gasteiger partial charge in [0.25, 0.3) is 0 Å². The Morgan fingerprint density at radius 3 is 2.09 bits per heavy atom. The minimum atomic E-state index is -1.83. The molecule has 0 amide bonds. The van der Waals surface area contributed by atoms with Crippen LogP contribution in [0.5, 0.6) is 0 Å². The maximum absolute atomic E-state index is 10.5. The molecule has 0 radical (unpaired) electrons. The summed E-state index contributed by atoms with van der Waals surface area (Å²) in [5.41, 5.74) is 0.944. The third-order valence-electron chi connectivity index (χ3n) is 4.25. The summed E-state index contributed by atoms with van der Waals surface area (Å²) >= 11 is 0. The van der Waals surface area contributed by atoms with E-state index in [1.54, 1.807) is 0 Å². The van der Waals surface area contributed by atoms with Gasteiger partial charge in [0, 0.05) is 6.42 Å². The van der Waals surface area contributed by atoms with E-state index in [0.717, 1.165) is 30.8 Å². The summed E-state index contributed by atoms with van der Waals surface area (Å²) in [6.07, 6.45) is 5.38. The zero-order valence-electron chi connectivity index (χ0n) is 14.1. The summed E-state index contributed by atoms with van der Waals surface area (Å²) in [7, 11) is 0. The van der Waals surface area contributed by atoms with Crippen LogP contribution in [-0.2, 0) is 4.79 Å². The predicted octanol–water partition coefficient (Wildman–Crippen LogP) is 3.96. The van der Waals surface area contributed by atoms with Crippen molar-refractivity contribution in [3.63, 3.8) is 0 Å². The Morgan fingerprint density at radius 2 is 1.82 bits per heavy atom. The molecule has 0 heterocycles. The van der Waals surface area contributed by atoms with Gasteiger partial charge in [-0.15, -0.1) is 0 Å². The number of aliphatic hydroxyl groups is 1. The Bertz CT molecular complexity index is 383. The van der Waals surface area contributed by atoms with Gasteiger partial charge >= 0.3 is 6.16 Å². The maximum atomic E-state index is 10.5. The van der Waals surface area contributed by atoms with Gasteiger partial charge in [-0.2, -0.15) is 0 Å². The molecular formula is C17H30O5. The fourth-order valence-electron chi connectivity index (χ4n) is 2.88. The molecule has 0 spiro atoms. The van der Waals surface area contributed by atoms with Gasteiger partial charge in [0.05, 0.1) is 6.10 Å². The van der Waals surface area contributed by atoms with E-state index >= 15 is 0 Å². The highest BCUT2D eigenvalue weighted by molar-refractivity contribution is 5.96. The third kappa shape index (κ3) is 8.82. The second kappa shape index (κ2) is 10.4. The highest BCUT2D eigenvalue weighted by Gasteiger charge is 2.28. The number of rotatable bonds is 1. The second-order valence-corrected chi connectivity index (χ2v) is 6.53. The van der Waals surface area contributed by atoms with Gasteiger partial charge in [0.2, 0.25) is 0 Å². The summed E-state index contributed by atoms with van der Waals surface area (Å²) < 4.78 is 0. The molecule has 1 fully saturated rings. The number of carbonyl (C=O) groups excluding carboxylic acids is 1. The summed E-state index contributed by atoms with van der Waals surface area (Å²) in [5, 5.41) is 23.7. The van der Waals surface area contributed by atoms with Gasteiger partial charge in [-0.25, -0.2) is 4.79 Å². The lowest BCUT2D eigenvalue weighted by molar-refractivity contribution is -0.114. The zero-order chi connectivity index (χ0) is 17.3. The molecule has 0 saturated heterocycles. The SMILES string of the molecule is CC1=CCCC1=O.CC1CCC(C(C)C)C(O)C1.O=C(O)O. The van der Waals surface area contributed by atoms with E-state index in [1.165, 1.54) is 12.8 Å². The lowest BCUT2D eigenvalue weighted by Crippen LogP contribution is -2.31. The van der Waals surface area contributed by atoms with Crippen LogP contribution >= 0.6 is 0 Å². The van der Waals surface area contributed by atoms with Crippen molar-refractivity contribution < 1.29 is 24.9 Å². The minimum Gasteiger partial charge on any atom is -0.450 e. The maximum Gasteiger partial charge on any atom is 0.503 e. The first-order valence-corrected chi connectivity index (χ1v) is 7.95. The first-order chi connectivity index (χ1) is 10.1. The Hall–Kier alpha value is -1.36. The van der Waals surface area contributed by atoms with Gasteiger partial charge in [0.15, 0.2) is 5.78 Å². The summed E-state index contributed by atoms with van der Waals surface area (Å²) in [4.78, 5) is 19.1. The predicted molar refractivity (Wildman–Crippen MR) is 86.0 cm³/mol. The van der Waals surface area contributed by atoms with Gasteiger partial charge < -0.3 is 15.3 Å². The lowest BCUT2D eigenvalue weighted by atomic mass is 9.75. The lowest BCUT2D eigenvalue weighted by Gasteiger charge is -2.33. The molecule has 3 unspecified atom stereocenters. The van der Waals surface area contributed by atoms with E-state index in [9.17, 15) is 9.90 Å². The molecule has 3 atom stereocenters. The largest absolute Gasteiger partial charge is 0.503 e. The number of Topliss-reactive ketones (excluding diaryl/α,β-unsaturated/α-hetero) is 1. The highest BCUT2D eigenvalue weighted by Crippen LogP contribution is 2.33. The number of carbonyl (C=O) groups is 2. The van der Waals surface area contributed by atoms with E-state index in [1.807, 2.05) is 13.0 Å². The molecule has 5 heteroatoms. The summed E-state index contributed by atoms with van der Waals surface area (Å²) in [6.45, 7) is 8.53. The first-order valence-electron chi connectivity index (χ1n) is 7.95. The molecule has 3 N–H and O–H groups in total. The van der Waals surface area contributed by atoms with E-state index in [0.29, 0.717) is 17.6 Å². The van der Waals surface area contributed by atoms with Crippen molar-refractivity contribution in [1.29, 1.82) is 0 Å². The van der Waals surface area contributed by atoms with Gasteiger partial charge in [0.1, 0.15) is 0 Å². The van der Waals surface area contributed by atoms with Crippen molar-refractivity contribution in [3.05, 3.63) is 11.6 Å². The molecule has 0 bridgehead atoms. The third-order valence-corrected chi connectivity index (χ3v) is 4.25. The quantitative estimate of drug-likeness (QED) is 0.681. The topological polar surface area (TPSA) is 94.8 Å². The molecule has 2 aliphatic rings. The van der Waals surface area contributed by atoms with E-state index in [2.05, 4.69) is 20.8 Å². The molecule has 1 saturated carbocycles. The first kappa shape index (κ1) is 20.6. The molecule has 2 aliphatic carbocycles. The molecule has 0 aromatic rings. The van der Waals surface area contributed by atoms with E-state index in [4.69, 9.17) is 15.0 Å². The van der Waals surface area contributed by atoms with Crippen LogP contribution in [0.25, 0.3) is 0 Å². The van der Waals surface area contributed by atoms with Crippen molar-refractivity contribution in [2.45, 2.75) is 65.9 Å². The smallest absolute Gasteiger partial charge is 0.450 e. The number of hydrogen-bond donors (Lipinski definition) is 3. The molecule has 0 aromatic carbocycles. The molecule has 0 aromatic heterocycles. The molecule has 0 aliphatic heterocycles. The Morgan fingerprint density at radius 1 is 1.27 bits per heavy atom.